The molecule has 0 heterocycles. The highest BCUT2D eigenvalue weighted by Gasteiger charge is 2.59. The van der Waals surface area contributed by atoms with Gasteiger partial charge in [0.1, 0.15) is 0 Å². The van der Waals surface area contributed by atoms with E-state index in [1.165, 1.54) is 0 Å². The first-order valence-electron chi connectivity index (χ1n) is 7.03. The van der Waals surface area contributed by atoms with Crippen molar-refractivity contribution in [2.75, 3.05) is 25.7 Å². The van der Waals surface area contributed by atoms with Crippen LogP contribution in [-0.4, -0.2) is 42.6 Å². The van der Waals surface area contributed by atoms with Gasteiger partial charge in [-0.1, -0.05) is 12.2 Å². The molecule has 0 spiro atoms. The molecule has 6 atom stereocenters. The molecule has 2 fully saturated rings. The molecule has 21 heavy (non-hydrogen) atoms. The Morgan fingerprint density at radius 2 is 1.24 bits per heavy atom. The van der Waals surface area contributed by atoms with Crippen molar-refractivity contribution >= 4 is 20.2 Å². The normalized spacial score (nSPS) is 41.0. The first-order valence-corrected chi connectivity index (χ1v) is 10.7. The molecule has 0 N–H and O–H groups in total. The average molecular weight is 336 g/mol. The van der Waals surface area contributed by atoms with Crippen molar-refractivity contribution in [1.29, 1.82) is 0 Å². The highest BCUT2D eigenvalue weighted by Crippen LogP contribution is 2.63. The second kappa shape index (κ2) is 5.04. The van der Waals surface area contributed by atoms with Gasteiger partial charge in [-0.3, -0.25) is 8.37 Å². The van der Waals surface area contributed by atoms with Crippen LogP contribution in [0.15, 0.2) is 12.2 Å². The van der Waals surface area contributed by atoms with Gasteiger partial charge in [-0.15, -0.1) is 0 Å². The summed E-state index contributed by atoms with van der Waals surface area (Å²) in [5, 5.41) is 0. The molecule has 2 saturated carbocycles. The van der Waals surface area contributed by atoms with E-state index in [2.05, 4.69) is 12.2 Å². The van der Waals surface area contributed by atoms with Gasteiger partial charge >= 0.3 is 0 Å². The van der Waals surface area contributed by atoms with Crippen LogP contribution < -0.4 is 0 Å². The van der Waals surface area contributed by atoms with Gasteiger partial charge in [0, 0.05) is 0 Å². The summed E-state index contributed by atoms with van der Waals surface area (Å²) >= 11 is 0. The molecule has 0 aromatic heterocycles. The lowest BCUT2D eigenvalue weighted by Gasteiger charge is -2.44. The van der Waals surface area contributed by atoms with Crippen LogP contribution >= 0.6 is 0 Å². The molecular weight excluding hydrogens is 316 g/mol. The third kappa shape index (κ3) is 3.33. The number of fused-ring (bicyclic) bond motifs is 1. The van der Waals surface area contributed by atoms with E-state index in [4.69, 9.17) is 8.37 Å². The Kier molecular flexibility index (Phi) is 3.71. The van der Waals surface area contributed by atoms with E-state index in [1.54, 1.807) is 0 Å². The van der Waals surface area contributed by atoms with Crippen LogP contribution in [0.25, 0.3) is 0 Å². The Labute approximate surface area is 125 Å². The number of rotatable bonds is 6. The Morgan fingerprint density at radius 1 is 0.857 bits per heavy atom. The summed E-state index contributed by atoms with van der Waals surface area (Å²) in [6.45, 7) is 0.205. The van der Waals surface area contributed by atoms with Gasteiger partial charge in [0.15, 0.2) is 0 Å². The van der Waals surface area contributed by atoms with Crippen LogP contribution in [0.1, 0.15) is 6.42 Å². The van der Waals surface area contributed by atoms with Crippen molar-refractivity contribution in [2.45, 2.75) is 6.42 Å². The summed E-state index contributed by atoms with van der Waals surface area (Å²) < 4.78 is 54.9. The minimum absolute atomic E-state index is 0.000208. The fraction of sp³-hybridized carbons (Fsp3) is 0.846. The van der Waals surface area contributed by atoms with Gasteiger partial charge in [-0.05, 0) is 41.9 Å². The van der Waals surface area contributed by atoms with E-state index in [1.807, 2.05) is 0 Å². The molecule has 4 aliphatic carbocycles. The van der Waals surface area contributed by atoms with Gasteiger partial charge in [0.05, 0.1) is 25.7 Å². The highest BCUT2D eigenvalue weighted by atomic mass is 32.2. The van der Waals surface area contributed by atoms with Crippen molar-refractivity contribution in [3.05, 3.63) is 12.2 Å². The molecule has 2 bridgehead atoms. The Hall–Kier alpha value is -0.440. The molecule has 0 aromatic rings. The molecule has 4 aliphatic rings. The molecule has 0 amide bonds. The Balaban J connectivity index is 1.75. The molecule has 0 radical (unpaired) electrons. The van der Waals surface area contributed by atoms with Gasteiger partial charge in [0.2, 0.25) is 0 Å². The van der Waals surface area contributed by atoms with E-state index >= 15 is 0 Å². The van der Waals surface area contributed by atoms with E-state index in [9.17, 15) is 16.8 Å². The molecule has 0 unspecified atom stereocenters. The lowest BCUT2D eigenvalue weighted by molar-refractivity contribution is 0.0379. The van der Waals surface area contributed by atoms with Gasteiger partial charge < -0.3 is 0 Å². The van der Waals surface area contributed by atoms with Crippen molar-refractivity contribution in [1.82, 2.24) is 0 Å². The second-order valence-electron chi connectivity index (χ2n) is 6.41. The van der Waals surface area contributed by atoms with E-state index in [0.29, 0.717) is 11.8 Å². The van der Waals surface area contributed by atoms with Crippen molar-refractivity contribution in [2.24, 2.45) is 35.5 Å². The molecule has 0 saturated heterocycles. The fourth-order valence-electron chi connectivity index (χ4n) is 4.03. The maximum absolute atomic E-state index is 11.2. The Bertz CT molecular complexity index is 594. The zero-order valence-corrected chi connectivity index (χ0v) is 13.6. The van der Waals surface area contributed by atoms with Gasteiger partial charge in [0.25, 0.3) is 20.2 Å². The topological polar surface area (TPSA) is 86.7 Å². The second-order valence-corrected chi connectivity index (χ2v) is 9.70. The maximum Gasteiger partial charge on any atom is 0.264 e. The summed E-state index contributed by atoms with van der Waals surface area (Å²) in [7, 11) is -6.99. The van der Waals surface area contributed by atoms with Gasteiger partial charge in [-0.2, -0.15) is 16.8 Å². The molecule has 0 aliphatic heterocycles. The number of hydrogen-bond acceptors (Lipinski definition) is 6. The number of hydrogen-bond donors (Lipinski definition) is 0. The molecule has 6 nitrogen and oxygen atoms in total. The summed E-state index contributed by atoms with van der Waals surface area (Å²) in [6, 6.07) is 0. The monoisotopic (exact) mass is 336 g/mol. The van der Waals surface area contributed by atoms with Crippen LogP contribution in [0.2, 0.25) is 0 Å². The van der Waals surface area contributed by atoms with Crippen LogP contribution in [-0.2, 0) is 28.6 Å². The van der Waals surface area contributed by atoms with Crippen LogP contribution in [0, 0.1) is 35.5 Å². The molecule has 0 aromatic carbocycles. The predicted molar refractivity (Wildman–Crippen MR) is 76.3 cm³/mol. The zero-order valence-electron chi connectivity index (χ0n) is 12.0. The predicted octanol–water partition coefficient (Wildman–Crippen LogP) is 0.623. The lowest BCUT2D eigenvalue weighted by Crippen LogP contribution is -2.43. The minimum atomic E-state index is -3.49. The quantitative estimate of drug-likeness (QED) is 0.522. The van der Waals surface area contributed by atoms with E-state index in [-0.39, 0.29) is 36.9 Å². The Morgan fingerprint density at radius 3 is 1.57 bits per heavy atom. The molecule has 4 rings (SSSR count). The van der Waals surface area contributed by atoms with Crippen molar-refractivity contribution < 1.29 is 25.2 Å². The van der Waals surface area contributed by atoms with Crippen molar-refractivity contribution in [3.63, 3.8) is 0 Å². The first-order chi connectivity index (χ1) is 9.66. The first kappa shape index (κ1) is 15.5. The third-order valence-electron chi connectivity index (χ3n) is 4.92. The van der Waals surface area contributed by atoms with Crippen LogP contribution in [0.5, 0.6) is 0 Å². The average Bonchev–Trinajstić information content (AvgIpc) is 3.13. The van der Waals surface area contributed by atoms with E-state index < -0.39 is 20.2 Å². The maximum atomic E-state index is 11.2. The SMILES string of the molecule is CS(=O)(=O)OC[C@@H]1[C@H]2C=C[C@H]([C@H]3C[C@H]23)[C@@H]1COS(C)(=O)=O. The number of allylic oxidation sites excluding steroid dienone is 2. The van der Waals surface area contributed by atoms with E-state index in [0.717, 1.165) is 18.9 Å². The smallest absolute Gasteiger partial charge is 0.264 e. The summed E-state index contributed by atoms with van der Waals surface area (Å²) in [5.74, 6) is 1.75. The lowest BCUT2D eigenvalue weighted by atomic mass is 9.63. The van der Waals surface area contributed by atoms with Crippen molar-refractivity contribution in [3.8, 4) is 0 Å². The highest BCUT2D eigenvalue weighted by molar-refractivity contribution is 7.86. The minimum Gasteiger partial charge on any atom is -0.270 e. The fourth-order valence-corrected chi connectivity index (χ4v) is 4.84. The summed E-state index contributed by atoms with van der Waals surface area (Å²) in [4.78, 5) is 0. The summed E-state index contributed by atoms with van der Waals surface area (Å²) in [5.41, 5.74) is 0. The third-order valence-corrected chi connectivity index (χ3v) is 6.05. The van der Waals surface area contributed by atoms with Crippen LogP contribution in [0.3, 0.4) is 0 Å². The van der Waals surface area contributed by atoms with Crippen LogP contribution in [0.4, 0.5) is 0 Å². The zero-order chi connectivity index (χ0) is 15.4. The largest absolute Gasteiger partial charge is 0.270 e. The molecule has 8 heteroatoms. The van der Waals surface area contributed by atoms with Gasteiger partial charge in [-0.25, -0.2) is 0 Å². The molecular formula is C13H20O6S2. The molecule has 120 valence electrons. The standard InChI is InChI=1S/C13H20O6S2/c1-20(14,15)18-6-12-8-3-4-9(11-5-10(8)11)13(12)7-19-21(2,16)17/h3-4,8-13H,5-7H2,1-2H3/t8-,9+,10-,11-,12+,13-/m1/s1. The summed E-state index contributed by atoms with van der Waals surface area (Å²) in [6.07, 6.45) is 7.49.